The van der Waals surface area contributed by atoms with E-state index in [0.29, 0.717) is 0 Å². The molecule has 0 spiro atoms. The maximum absolute atomic E-state index is 8.95. The molecular weight excluding hydrogens is 220 g/mol. The van der Waals surface area contributed by atoms with Crippen molar-refractivity contribution in [2.75, 3.05) is 0 Å². The van der Waals surface area contributed by atoms with Crippen LogP contribution in [-0.4, -0.2) is 5.11 Å². The fourth-order valence-corrected chi connectivity index (χ4v) is 1.85. The van der Waals surface area contributed by atoms with Crippen LogP contribution in [0.3, 0.4) is 0 Å². The van der Waals surface area contributed by atoms with E-state index in [9.17, 15) is 0 Å². The Morgan fingerprint density at radius 3 is 2.22 bits per heavy atom. The van der Waals surface area contributed by atoms with Crippen molar-refractivity contribution in [3.05, 3.63) is 77.4 Å². The summed E-state index contributed by atoms with van der Waals surface area (Å²) in [5.74, 6) is 0. The maximum Gasteiger partial charge on any atom is 0.0681 e. The number of hydrogen-bond acceptors (Lipinski definition) is 1. The van der Waals surface area contributed by atoms with E-state index in [-0.39, 0.29) is 6.61 Å². The number of rotatable bonds is 5. The minimum absolute atomic E-state index is 0.109. The summed E-state index contributed by atoms with van der Waals surface area (Å²) in [6.07, 6.45) is 6.45. The molecule has 0 amide bonds. The standard InChI is InChI=1S/C17H18O/c18-14-17-12-10-16(11-13-17)9-5-4-8-15-6-2-1-3-7-15/h1-3,5-7,9-13,18H,4,8,14H2/b9-5+. The molecule has 2 aromatic rings. The Balaban J connectivity index is 1.84. The number of aryl methyl sites for hydroxylation is 1. The molecule has 0 heterocycles. The predicted molar refractivity (Wildman–Crippen MR) is 76.2 cm³/mol. The van der Waals surface area contributed by atoms with Gasteiger partial charge in [0.2, 0.25) is 0 Å². The molecule has 0 radical (unpaired) electrons. The lowest BCUT2D eigenvalue weighted by molar-refractivity contribution is 0.282. The van der Waals surface area contributed by atoms with E-state index in [0.717, 1.165) is 18.4 Å². The van der Waals surface area contributed by atoms with Gasteiger partial charge in [0, 0.05) is 0 Å². The highest BCUT2D eigenvalue weighted by molar-refractivity contribution is 5.49. The van der Waals surface area contributed by atoms with Crippen LogP contribution in [0.15, 0.2) is 60.7 Å². The highest BCUT2D eigenvalue weighted by Gasteiger charge is 1.91. The first kappa shape index (κ1) is 12.6. The van der Waals surface area contributed by atoms with Crippen molar-refractivity contribution in [2.24, 2.45) is 0 Å². The van der Waals surface area contributed by atoms with Crippen LogP contribution in [0.1, 0.15) is 23.1 Å². The Morgan fingerprint density at radius 1 is 0.833 bits per heavy atom. The van der Waals surface area contributed by atoms with Gasteiger partial charge in [-0.25, -0.2) is 0 Å². The molecule has 0 aliphatic heterocycles. The van der Waals surface area contributed by atoms with Crippen LogP contribution in [0.4, 0.5) is 0 Å². The van der Waals surface area contributed by atoms with Crippen molar-refractivity contribution in [3.63, 3.8) is 0 Å². The molecule has 18 heavy (non-hydrogen) atoms. The fraction of sp³-hybridized carbons (Fsp3) is 0.176. The minimum Gasteiger partial charge on any atom is -0.392 e. The molecule has 1 heteroatoms. The molecule has 1 N–H and O–H groups in total. The van der Waals surface area contributed by atoms with Gasteiger partial charge in [-0.15, -0.1) is 0 Å². The Kier molecular flexibility index (Phi) is 4.74. The smallest absolute Gasteiger partial charge is 0.0681 e. The Labute approximate surface area is 108 Å². The first-order chi connectivity index (χ1) is 8.88. The first-order valence-corrected chi connectivity index (χ1v) is 6.29. The topological polar surface area (TPSA) is 20.2 Å². The van der Waals surface area contributed by atoms with Crippen LogP contribution < -0.4 is 0 Å². The summed E-state index contributed by atoms with van der Waals surface area (Å²) in [5.41, 5.74) is 3.51. The average Bonchev–Trinajstić information content (AvgIpc) is 2.45. The predicted octanol–water partition coefficient (Wildman–Crippen LogP) is 3.82. The normalized spacial score (nSPS) is 10.9. The van der Waals surface area contributed by atoms with Gasteiger partial charge in [-0.1, -0.05) is 66.7 Å². The molecule has 2 aromatic carbocycles. The molecule has 0 atom stereocenters. The van der Waals surface area contributed by atoms with Gasteiger partial charge < -0.3 is 5.11 Å². The molecule has 0 aliphatic rings. The third kappa shape index (κ3) is 3.86. The van der Waals surface area contributed by atoms with Gasteiger partial charge in [0.05, 0.1) is 6.61 Å². The molecule has 1 nitrogen and oxygen atoms in total. The molecule has 0 aliphatic carbocycles. The second-order valence-electron chi connectivity index (χ2n) is 4.33. The Morgan fingerprint density at radius 2 is 1.56 bits per heavy atom. The monoisotopic (exact) mass is 238 g/mol. The van der Waals surface area contributed by atoms with Gasteiger partial charge >= 0.3 is 0 Å². The number of hydrogen-bond donors (Lipinski definition) is 1. The lowest BCUT2D eigenvalue weighted by atomic mass is 10.1. The summed E-state index contributed by atoms with van der Waals surface area (Å²) in [6.45, 7) is 0.109. The van der Waals surface area contributed by atoms with Gasteiger partial charge in [-0.3, -0.25) is 0 Å². The highest BCUT2D eigenvalue weighted by atomic mass is 16.3. The zero-order valence-corrected chi connectivity index (χ0v) is 10.4. The zero-order chi connectivity index (χ0) is 12.6. The Bertz CT molecular complexity index is 483. The molecule has 2 rings (SSSR count). The van der Waals surface area contributed by atoms with Crippen molar-refractivity contribution < 1.29 is 5.11 Å². The van der Waals surface area contributed by atoms with Crippen LogP contribution in [0, 0.1) is 0 Å². The van der Waals surface area contributed by atoms with Crippen LogP contribution in [0.25, 0.3) is 6.08 Å². The largest absolute Gasteiger partial charge is 0.392 e. The van der Waals surface area contributed by atoms with Crippen molar-refractivity contribution in [1.82, 2.24) is 0 Å². The molecule has 0 saturated heterocycles. The van der Waals surface area contributed by atoms with E-state index in [2.05, 4.69) is 36.4 Å². The van der Waals surface area contributed by atoms with Gasteiger partial charge in [-0.05, 0) is 29.5 Å². The summed E-state index contributed by atoms with van der Waals surface area (Å²) >= 11 is 0. The van der Waals surface area contributed by atoms with E-state index in [1.807, 2.05) is 30.3 Å². The van der Waals surface area contributed by atoms with E-state index in [4.69, 9.17) is 5.11 Å². The molecule has 92 valence electrons. The minimum atomic E-state index is 0.109. The molecule has 0 aromatic heterocycles. The van der Waals surface area contributed by atoms with Crippen LogP contribution in [0.2, 0.25) is 0 Å². The molecule has 0 bridgehead atoms. The summed E-state index contributed by atoms with van der Waals surface area (Å²) in [6, 6.07) is 18.5. The van der Waals surface area contributed by atoms with E-state index in [1.165, 1.54) is 11.1 Å². The van der Waals surface area contributed by atoms with Crippen molar-refractivity contribution >= 4 is 6.08 Å². The summed E-state index contributed by atoms with van der Waals surface area (Å²) in [7, 11) is 0. The lowest BCUT2D eigenvalue weighted by Crippen LogP contribution is -1.83. The number of aliphatic hydroxyl groups is 1. The van der Waals surface area contributed by atoms with Crippen LogP contribution >= 0.6 is 0 Å². The van der Waals surface area contributed by atoms with Gasteiger partial charge in [-0.2, -0.15) is 0 Å². The highest BCUT2D eigenvalue weighted by Crippen LogP contribution is 2.08. The van der Waals surface area contributed by atoms with Crippen LogP contribution in [-0.2, 0) is 13.0 Å². The van der Waals surface area contributed by atoms with Crippen molar-refractivity contribution in [1.29, 1.82) is 0 Å². The number of aliphatic hydroxyl groups excluding tert-OH is 1. The second-order valence-corrected chi connectivity index (χ2v) is 4.33. The molecule has 0 fully saturated rings. The third-order valence-electron chi connectivity index (χ3n) is 2.92. The van der Waals surface area contributed by atoms with Gasteiger partial charge in [0.25, 0.3) is 0 Å². The van der Waals surface area contributed by atoms with Gasteiger partial charge in [0.1, 0.15) is 0 Å². The molecular formula is C17H18O. The van der Waals surface area contributed by atoms with Gasteiger partial charge in [0.15, 0.2) is 0 Å². The third-order valence-corrected chi connectivity index (χ3v) is 2.92. The Hall–Kier alpha value is -1.86. The summed E-state index contributed by atoms with van der Waals surface area (Å²) in [5, 5.41) is 8.95. The van der Waals surface area contributed by atoms with E-state index >= 15 is 0 Å². The summed E-state index contributed by atoms with van der Waals surface area (Å²) in [4.78, 5) is 0. The fourth-order valence-electron chi connectivity index (χ4n) is 1.85. The molecule has 0 unspecified atom stereocenters. The SMILES string of the molecule is OCc1ccc(/C=C/CCc2ccccc2)cc1. The molecule has 0 saturated carbocycles. The zero-order valence-electron chi connectivity index (χ0n) is 10.4. The van der Waals surface area contributed by atoms with Crippen molar-refractivity contribution in [2.45, 2.75) is 19.4 Å². The van der Waals surface area contributed by atoms with E-state index < -0.39 is 0 Å². The summed E-state index contributed by atoms with van der Waals surface area (Å²) < 4.78 is 0. The van der Waals surface area contributed by atoms with E-state index in [1.54, 1.807) is 0 Å². The average molecular weight is 238 g/mol. The second kappa shape index (κ2) is 6.77. The van der Waals surface area contributed by atoms with Crippen LogP contribution in [0.5, 0.6) is 0 Å². The first-order valence-electron chi connectivity index (χ1n) is 6.29. The quantitative estimate of drug-likeness (QED) is 0.839. The maximum atomic E-state index is 8.95. The van der Waals surface area contributed by atoms with Crippen molar-refractivity contribution in [3.8, 4) is 0 Å². The number of benzene rings is 2. The number of allylic oxidation sites excluding steroid dienone is 1. The lowest BCUT2D eigenvalue weighted by Gasteiger charge is -1.98.